The lowest BCUT2D eigenvalue weighted by Crippen LogP contribution is -2.79. The van der Waals surface area contributed by atoms with Gasteiger partial charge in [0.25, 0.3) is 0 Å². The number of benzene rings is 2. The molecule has 2 atom stereocenters. The second-order valence-electron chi connectivity index (χ2n) is 8.39. The first-order valence-corrected chi connectivity index (χ1v) is 10.0. The zero-order valence-electron chi connectivity index (χ0n) is 15.9. The average Bonchev–Trinajstić information content (AvgIpc) is 2.98. The lowest BCUT2D eigenvalue weighted by atomic mass is 9.43. The van der Waals surface area contributed by atoms with Crippen LogP contribution in [0.4, 0.5) is 4.79 Å². The van der Waals surface area contributed by atoms with Crippen LogP contribution in [0.2, 0.25) is 0 Å². The Morgan fingerprint density at radius 3 is 2.10 bits per heavy atom. The van der Waals surface area contributed by atoms with E-state index in [-0.39, 0.29) is 18.9 Å². The number of aliphatic hydroxyl groups excluding tert-OH is 1. The fraction of sp³-hybridized carbons (Fsp3) is 0.391. The molecule has 6 nitrogen and oxygen atoms in total. The number of alkyl carbamates (subject to hydrolysis) is 1. The topological polar surface area (TPSA) is 95.9 Å². The first-order valence-electron chi connectivity index (χ1n) is 10.0. The Hall–Kier alpha value is -2.86. The van der Waals surface area contributed by atoms with Gasteiger partial charge in [-0.3, -0.25) is 0 Å². The van der Waals surface area contributed by atoms with Crippen LogP contribution in [-0.4, -0.2) is 40.5 Å². The Kier molecular flexibility index (Phi) is 3.96. The van der Waals surface area contributed by atoms with Gasteiger partial charge in [0, 0.05) is 17.8 Å². The molecule has 0 bridgehead atoms. The highest BCUT2D eigenvalue weighted by Gasteiger charge is 2.72. The van der Waals surface area contributed by atoms with Crippen molar-refractivity contribution in [3.63, 3.8) is 0 Å². The van der Waals surface area contributed by atoms with E-state index in [0.717, 1.165) is 28.7 Å². The fourth-order valence-corrected chi connectivity index (χ4v) is 5.50. The number of hydrogen-bond acceptors (Lipinski definition) is 4. The summed E-state index contributed by atoms with van der Waals surface area (Å²) in [6.07, 6.45) is 0.646. The van der Waals surface area contributed by atoms with Crippen molar-refractivity contribution in [1.29, 1.82) is 0 Å². The molecule has 0 heterocycles. The Bertz CT molecular complexity index is 953. The molecule has 2 aromatic carbocycles. The van der Waals surface area contributed by atoms with Crippen molar-refractivity contribution < 1.29 is 24.5 Å². The third-order valence-corrected chi connectivity index (χ3v) is 7.26. The van der Waals surface area contributed by atoms with E-state index < -0.39 is 29.1 Å². The number of ether oxygens (including phenoxy) is 1. The monoisotopic (exact) mass is 393 g/mol. The minimum atomic E-state index is -1.44. The minimum Gasteiger partial charge on any atom is -0.479 e. The van der Waals surface area contributed by atoms with Crippen molar-refractivity contribution in [1.82, 2.24) is 5.32 Å². The summed E-state index contributed by atoms with van der Waals surface area (Å²) in [7, 11) is 0. The second-order valence-corrected chi connectivity index (χ2v) is 8.39. The summed E-state index contributed by atoms with van der Waals surface area (Å²) in [6, 6.07) is 16.1. The number of aliphatic carboxylic acids is 1. The van der Waals surface area contributed by atoms with Gasteiger partial charge in [0.2, 0.25) is 0 Å². The van der Waals surface area contributed by atoms with Gasteiger partial charge in [-0.1, -0.05) is 55.0 Å². The third kappa shape index (κ3) is 2.38. The molecule has 150 valence electrons. The van der Waals surface area contributed by atoms with Crippen LogP contribution in [0.5, 0.6) is 0 Å². The number of nitrogens with one attached hydrogen (secondary N) is 1. The van der Waals surface area contributed by atoms with Crippen molar-refractivity contribution in [3.8, 4) is 11.1 Å². The maximum atomic E-state index is 12.6. The van der Waals surface area contributed by atoms with Crippen LogP contribution in [0.3, 0.4) is 0 Å². The van der Waals surface area contributed by atoms with Crippen LogP contribution in [0, 0.1) is 5.41 Å². The molecule has 0 saturated heterocycles. The van der Waals surface area contributed by atoms with Gasteiger partial charge in [0.05, 0.1) is 6.10 Å². The first-order chi connectivity index (χ1) is 14.0. The number of carboxylic acids is 1. The fourth-order valence-electron chi connectivity index (χ4n) is 5.50. The summed E-state index contributed by atoms with van der Waals surface area (Å²) < 4.78 is 5.52. The summed E-state index contributed by atoms with van der Waals surface area (Å²) >= 11 is 0. The first kappa shape index (κ1) is 18.2. The molecule has 1 amide bonds. The van der Waals surface area contributed by atoms with Crippen molar-refractivity contribution in [2.24, 2.45) is 5.41 Å². The quantitative estimate of drug-likeness (QED) is 0.741. The highest BCUT2D eigenvalue weighted by molar-refractivity contribution is 5.87. The number of rotatable bonds is 4. The Morgan fingerprint density at radius 1 is 1.03 bits per heavy atom. The summed E-state index contributed by atoms with van der Waals surface area (Å²) in [5.74, 6) is -1.19. The lowest BCUT2D eigenvalue weighted by Gasteiger charge is -2.64. The lowest BCUT2D eigenvalue weighted by molar-refractivity contribution is -0.212. The van der Waals surface area contributed by atoms with Crippen molar-refractivity contribution in [3.05, 3.63) is 59.7 Å². The number of carbonyl (C=O) groups is 2. The number of amides is 1. The van der Waals surface area contributed by atoms with Crippen LogP contribution in [0.15, 0.2) is 48.5 Å². The summed E-state index contributed by atoms with van der Waals surface area (Å²) in [5, 5.41) is 22.6. The molecule has 0 aromatic heterocycles. The van der Waals surface area contributed by atoms with Crippen LogP contribution in [0.1, 0.15) is 42.7 Å². The molecule has 3 aliphatic carbocycles. The van der Waals surface area contributed by atoms with Gasteiger partial charge in [-0.2, -0.15) is 0 Å². The molecular formula is C23H23NO5. The highest BCUT2D eigenvalue weighted by atomic mass is 16.5. The largest absolute Gasteiger partial charge is 0.479 e. The molecule has 5 rings (SSSR count). The summed E-state index contributed by atoms with van der Waals surface area (Å²) in [4.78, 5) is 24.6. The Morgan fingerprint density at radius 2 is 1.62 bits per heavy atom. The maximum absolute atomic E-state index is 12.6. The van der Waals surface area contributed by atoms with Crippen molar-refractivity contribution >= 4 is 12.1 Å². The molecule has 29 heavy (non-hydrogen) atoms. The Balaban J connectivity index is 1.33. The summed E-state index contributed by atoms with van der Waals surface area (Å²) in [6.45, 7) is 0.130. The van der Waals surface area contributed by atoms with Gasteiger partial charge in [-0.25, -0.2) is 9.59 Å². The number of carboxylic acid groups (broad SMARTS) is 1. The number of hydrogen-bond donors (Lipinski definition) is 3. The van der Waals surface area contributed by atoms with E-state index in [4.69, 9.17) is 4.74 Å². The van der Waals surface area contributed by atoms with Gasteiger partial charge < -0.3 is 20.3 Å². The van der Waals surface area contributed by atoms with Crippen molar-refractivity contribution in [2.45, 2.75) is 43.2 Å². The molecule has 2 fully saturated rings. The van der Waals surface area contributed by atoms with Gasteiger partial charge in [-0.15, -0.1) is 0 Å². The van der Waals surface area contributed by atoms with E-state index in [1.807, 2.05) is 36.4 Å². The smallest absolute Gasteiger partial charge is 0.408 e. The second kappa shape index (κ2) is 6.32. The standard InChI is InChI=1S/C23H23NO5/c25-19-12-23(20(26)27,22(19)10-5-11-22)24-21(28)29-13-18-16-8-3-1-6-14(16)15-7-2-4-9-17(15)18/h1-4,6-9,18-19,25H,5,10-13H2,(H,24,28)(H,26,27)/t19-,23+/m1/s1. The number of aliphatic hydroxyl groups is 1. The molecule has 2 aromatic rings. The van der Waals surface area contributed by atoms with Crippen molar-refractivity contribution in [2.75, 3.05) is 6.61 Å². The molecule has 0 unspecified atom stereocenters. The van der Waals surface area contributed by atoms with E-state index in [0.29, 0.717) is 12.8 Å². The van der Waals surface area contributed by atoms with Gasteiger partial charge in [0.15, 0.2) is 5.54 Å². The SMILES string of the molecule is O=C(N[C@]1(C(=O)O)C[C@@H](O)C12CCC2)OCC1c2ccccc2-c2ccccc21. The van der Waals surface area contributed by atoms with E-state index in [9.17, 15) is 19.8 Å². The molecular weight excluding hydrogens is 370 g/mol. The van der Waals surface area contributed by atoms with E-state index in [1.54, 1.807) is 0 Å². The van der Waals surface area contributed by atoms with E-state index in [1.165, 1.54) is 0 Å². The molecule has 0 radical (unpaired) electrons. The van der Waals surface area contributed by atoms with Crippen LogP contribution >= 0.6 is 0 Å². The minimum absolute atomic E-state index is 0.0204. The van der Waals surface area contributed by atoms with Gasteiger partial charge in [-0.05, 0) is 35.1 Å². The van der Waals surface area contributed by atoms with Gasteiger partial charge >= 0.3 is 12.1 Å². The molecule has 3 N–H and O–H groups in total. The maximum Gasteiger partial charge on any atom is 0.408 e. The normalized spacial score (nSPS) is 26.0. The number of carbonyl (C=O) groups excluding carboxylic acids is 1. The highest BCUT2D eigenvalue weighted by Crippen LogP contribution is 2.62. The Labute approximate surface area is 168 Å². The summed E-state index contributed by atoms with van der Waals surface area (Å²) in [5.41, 5.74) is 2.27. The molecule has 6 heteroatoms. The average molecular weight is 393 g/mol. The van der Waals surface area contributed by atoms with Gasteiger partial charge in [0.1, 0.15) is 6.61 Å². The van der Waals surface area contributed by atoms with Crippen LogP contribution < -0.4 is 5.32 Å². The number of fused-ring (bicyclic) bond motifs is 3. The zero-order chi connectivity index (χ0) is 20.2. The van der Waals surface area contributed by atoms with Crippen LogP contribution in [-0.2, 0) is 9.53 Å². The molecule has 2 saturated carbocycles. The predicted molar refractivity (Wildman–Crippen MR) is 105 cm³/mol. The molecule has 3 aliphatic rings. The third-order valence-electron chi connectivity index (χ3n) is 7.26. The van der Waals surface area contributed by atoms with E-state index >= 15 is 0 Å². The predicted octanol–water partition coefficient (Wildman–Crippen LogP) is 3.28. The molecule has 1 spiro atoms. The van der Waals surface area contributed by atoms with E-state index in [2.05, 4.69) is 17.4 Å². The molecule has 0 aliphatic heterocycles. The zero-order valence-corrected chi connectivity index (χ0v) is 15.9. The van der Waals surface area contributed by atoms with Crippen LogP contribution in [0.25, 0.3) is 11.1 Å².